The van der Waals surface area contributed by atoms with E-state index in [-0.39, 0.29) is 21.1 Å². The predicted octanol–water partition coefficient (Wildman–Crippen LogP) is 8.06. The van der Waals surface area contributed by atoms with Gasteiger partial charge in [0.25, 0.3) is 0 Å². The number of nitrogens with zero attached hydrogens (tertiary/aromatic N) is 6. The number of benzene rings is 3. The molecule has 0 atom stereocenters. The van der Waals surface area contributed by atoms with E-state index in [9.17, 15) is 0 Å². The molecule has 0 spiro atoms. The van der Waals surface area contributed by atoms with Crippen molar-refractivity contribution in [1.29, 1.82) is 0 Å². The van der Waals surface area contributed by atoms with E-state index in [1.54, 1.807) is 18.6 Å². The maximum absolute atomic E-state index is 6.36. The third-order valence-corrected chi connectivity index (χ3v) is 8.22. The monoisotopic (exact) mass is 749 g/mol. The number of rotatable bonds is 3. The Morgan fingerprint density at radius 1 is 0.568 bits per heavy atom. The molecule has 0 bridgehead atoms. The third-order valence-electron chi connectivity index (χ3n) is 8.22. The molecule has 9 aromatic rings. The van der Waals surface area contributed by atoms with Crippen molar-refractivity contribution in [2.75, 3.05) is 0 Å². The van der Waals surface area contributed by atoms with E-state index >= 15 is 0 Å². The van der Waals surface area contributed by atoms with E-state index in [0.717, 1.165) is 66.2 Å². The molecule has 0 N–H and O–H groups in total. The largest absolute Gasteiger partial charge is 2.00 e. The molecule has 0 aliphatic heterocycles. The number of aryl methyl sites for hydroxylation is 2. The quantitative estimate of drug-likeness (QED) is 0.135. The van der Waals surface area contributed by atoms with Crippen LogP contribution in [0, 0.1) is 26.0 Å². The molecular formula is C36H22N6OPt. The molecule has 0 amide bonds. The molecule has 0 saturated heterocycles. The van der Waals surface area contributed by atoms with Gasteiger partial charge >= 0.3 is 21.1 Å². The van der Waals surface area contributed by atoms with Crippen molar-refractivity contribution in [3.8, 4) is 22.8 Å². The molecule has 44 heavy (non-hydrogen) atoms. The summed E-state index contributed by atoms with van der Waals surface area (Å²) in [6.07, 6.45) is 9.25. The van der Waals surface area contributed by atoms with Gasteiger partial charge < -0.3 is 13.5 Å². The first-order valence-electron chi connectivity index (χ1n) is 14.1. The topological polar surface area (TPSA) is 69.6 Å². The van der Waals surface area contributed by atoms with Crippen molar-refractivity contribution in [3.05, 3.63) is 121 Å². The fourth-order valence-electron chi connectivity index (χ4n) is 6.31. The van der Waals surface area contributed by atoms with Crippen LogP contribution >= 0.6 is 0 Å². The van der Waals surface area contributed by atoms with Gasteiger partial charge in [0.2, 0.25) is 0 Å². The minimum Gasteiger partial charge on any atom is -0.497 e. The summed E-state index contributed by atoms with van der Waals surface area (Å²) in [5.74, 6) is 1.16. The van der Waals surface area contributed by atoms with Crippen LogP contribution in [0.3, 0.4) is 0 Å². The van der Waals surface area contributed by atoms with Crippen LogP contribution in [-0.2, 0) is 21.1 Å². The molecule has 6 heterocycles. The molecular weight excluding hydrogens is 728 g/mol. The van der Waals surface area contributed by atoms with Gasteiger partial charge in [-0.3, -0.25) is 9.97 Å². The molecule has 3 aromatic carbocycles. The molecule has 9 rings (SSSR count). The van der Waals surface area contributed by atoms with Crippen LogP contribution in [0.1, 0.15) is 11.1 Å². The van der Waals surface area contributed by atoms with E-state index in [1.807, 2.05) is 45.5 Å². The Balaban J connectivity index is 0.00000289. The summed E-state index contributed by atoms with van der Waals surface area (Å²) in [4.78, 5) is 19.0. The van der Waals surface area contributed by atoms with Gasteiger partial charge in [-0.1, -0.05) is 76.1 Å². The number of hydrogen-bond donors (Lipinski definition) is 0. The number of pyridine rings is 4. The fraction of sp³-hybridized carbons (Fsp3) is 0.0556. The Labute approximate surface area is 266 Å². The van der Waals surface area contributed by atoms with Gasteiger partial charge in [-0.05, 0) is 47.9 Å². The summed E-state index contributed by atoms with van der Waals surface area (Å²) >= 11 is 0. The van der Waals surface area contributed by atoms with Gasteiger partial charge in [-0.2, -0.15) is 0 Å². The molecule has 0 saturated carbocycles. The number of fused-ring (bicyclic) bond motifs is 12. The van der Waals surface area contributed by atoms with Gasteiger partial charge in [0.05, 0.1) is 17.0 Å². The van der Waals surface area contributed by atoms with Crippen LogP contribution < -0.4 is 4.74 Å². The average molecular weight is 750 g/mol. The third kappa shape index (κ3) is 3.86. The number of ether oxygens (including phenoxy) is 1. The Morgan fingerprint density at radius 2 is 1.14 bits per heavy atom. The maximum Gasteiger partial charge on any atom is 2.00 e. The second kappa shape index (κ2) is 9.97. The van der Waals surface area contributed by atoms with Crippen molar-refractivity contribution >= 4 is 54.9 Å². The summed E-state index contributed by atoms with van der Waals surface area (Å²) in [6, 6.07) is 29.5. The summed E-state index contributed by atoms with van der Waals surface area (Å²) < 4.78 is 10.4. The van der Waals surface area contributed by atoms with Crippen LogP contribution in [0.25, 0.3) is 66.2 Å². The first kappa shape index (κ1) is 26.5. The van der Waals surface area contributed by atoms with Gasteiger partial charge in [-0.25, -0.2) is 9.97 Å². The summed E-state index contributed by atoms with van der Waals surface area (Å²) in [5.41, 5.74) is 7.79. The smallest absolute Gasteiger partial charge is 0.497 e. The van der Waals surface area contributed by atoms with Crippen molar-refractivity contribution in [3.63, 3.8) is 0 Å². The number of hydrogen-bond acceptors (Lipinski definition) is 5. The Hall–Kier alpha value is -5.13. The zero-order valence-corrected chi connectivity index (χ0v) is 25.9. The van der Waals surface area contributed by atoms with Gasteiger partial charge in [0.15, 0.2) is 0 Å². The normalized spacial score (nSPS) is 11.7. The number of aromatic nitrogens is 6. The SMILES string of the molecule is Cc1cccc(C)c1-c1ccc2c3ccc(Oc4[c-]c5c(cc4)c4cccnc4n4ccnc54)[c-]c3c3nccn3c2n1.[Pt+2]. The van der Waals surface area contributed by atoms with E-state index in [2.05, 4.69) is 78.4 Å². The molecule has 0 aliphatic rings. The minimum atomic E-state index is 0. The van der Waals surface area contributed by atoms with Crippen LogP contribution in [0.15, 0.2) is 97.7 Å². The molecule has 0 aliphatic carbocycles. The second-order valence-electron chi connectivity index (χ2n) is 10.8. The zero-order chi connectivity index (χ0) is 28.7. The zero-order valence-electron chi connectivity index (χ0n) is 23.6. The molecule has 0 fully saturated rings. The maximum atomic E-state index is 6.36. The van der Waals surface area contributed by atoms with Gasteiger partial charge in [0, 0.05) is 48.0 Å². The van der Waals surface area contributed by atoms with Crippen molar-refractivity contribution in [2.24, 2.45) is 0 Å². The van der Waals surface area contributed by atoms with E-state index in [4.69, 9.17) is 14.7 Å². The van der Waals surface area contributed by atoms with Crippen LogP contribution in [0.5, 0.6) is 11.5 Å². The Kier molecular flexibility index (Phi) is 6.00. The number of imidazole rings is 2. The summed E-state index contributed by atoms with van der Waals surface area (Å²) in [6.45, 7) is 4.25. The van der Waals surface area contributed by atoms with Crippen LogP contribution in [0.2, 0.25) is 0 Å². The molecule has 7 nitrogen and oxygen atoms in total. The van der Waals surface area contributed by atoms with Gasteiger partial charge in [-0.15, -0.1) is 12.1 Å². The molecule has 6 aromatic heterocycles. The van der Waals surface area contributed by atoms with E-state index in [1.165, 1.54) is 11.1 Å². The molecule has 8 heteroatoms. The molecule has 212 valence electrons. The molecule has 0 unspecified atom stereocenters. The van der Waals surface area contributed by atoms with Crippen molar-refractivity contribution in [2.45, 2.75) is 13.8 Å². The molecule has 0 radical (unpaired) electrons. The van der Waals surface area contributed by atoms with Crippen molar-refractivity contribution < 1.29 is 25.8 Å². The van der Waals surface area contributed by atoms with Crippen LogP contribution in [0.4, 0.5) is 0 Å². The predicted molar refractivity (Wildman–Crippen MR) is 169 cm³/mol. The fourth-order valence-corrected chi connectivity index (χ4v) is 6.31. The summed E-state index contributed by atoms with van der Waals surface area (Å²) in [7, 11) is 0. The summed E-state index contributed by atoms with van der Waals surface area (Å²) in [5, 5.41) is 5.84. The van der Waals surface area contributed by atoms with E-state index < -0.39 is 0 Å². The standard InChI is InChI=1S/C36H22N6O.Pt/c1-21-5-3-6-22(2)32(21)31-13-12-28-26-11-9-24(20-30(26)35-39-16-18-42(35)36(28)40-31)43-23-8-10-25-27-7-4-14-37-33(27)41-17-15-38-34(41)29(25)19-23;/h3-18H,1-2H3;/q-2;+2. The second-order valence-corrected chi connectivity index (χ2v) is 10.8. The Morgan fingerprint density at radius 3 is 1.80 bits per heavy atom. The Bertz CT molecular complexity index is 2570. The average Bonchev–Trinajstić information content (AvgIpc) is 3.73. The van der Waals surface area contributed by atoms with Gasteiger partial charge in [0.1, 0.15) is 11.3 Å². The first-order chi connectivity index (χ1) is 21.1. The van der Waals surface area contributed by atoms with Crippen molar-refractivity contribution in [1.82, 2.24) is 28.7 Å². The first-order valence-corrected chi connectivity index (χ1v) is 14.1. The van der Waals surface area contributed by atoms with Crippen LogP contribution in [-0.4, -0.2) is 28.7 Å². The minimum absolute atomic E-state index is 0. The van der Waals surface area contributed by atoms with E-state index in [0.29, 0.717) is 11.5 Å².